The molecule has 0 aliphatic heterocycles. The third-order valence-corrected chi connectivity index (χ3v) is 4.29. The Morgan fingerprint density at radius 3 is 2.54 bits per heavy atom. The Morgan fingerprint density at radius 2 is 1.89 bits per heavy atom. The van der Waals surface area contributed by atoms with Gasteiger partial charge in [0, 0.05) is 18.8 Å². The molecule has 0 unspecified atom stereocenters. The molecule has 1 aromatic carbocycles. The molecular formula is C18H20N4O5S. The molecule has 0 saturated carbocycles. The number of esters is 1. The lowest BCUT2D eigenvalue weighted by molar-refractivity contribution is -0.120. The molecule has 2 rings (SSSR count). The number of H-pyrrole nitrogens is 1. The van der Waals surface area contributed by atoms with Gasteiger partial charge >= 0.3 is 5.97 Å². The van der Waals surface area contributed by atoms with Gasteiger partial charge in [-0.05, 0) is 31.2 Å². The molecule has 0 radical (unpaired) electrons. The van der Waals surface area contributed by atoms with Crippen molar-refractivity contribution in [2.75, 3.05) is 24.7 Å². The average Bonchev–Trinajstić information content (AvgIpc) is 2.66. The van der Waals surface area contributed by atoms with E-state index < -0.39 is 11.5 Å². The number of anilines is 1. The van der Waals surface area contributed by atoms with Gasteiger partial charge in [-0.2, -0.15) is 0 Å². The molecule has 1 heterocycles. The lowest BCUT2D eigenvalue weighted by Crippen LogP contribution is -2.22. The monoisotopic (exact) mass is 404 g/mol. The highest BCUT2D eigenvalue weighted by Gasteiger charge is 2.10. The fourth-order valence-electron chi connectivity index (χ4n) is 2.13. The molecule has 10 heteroatoms. The van der Waals surface area contributed by atoms with Gasteiger partial charge in [-0.25, -0.2) is 9.78 Å². The van der Waals surface area contributed by atoms with E-state index in [2.05, 4.69) is 20.6 Å². The molecule has 0 aliphatic carbocycles. The quantitative estimate of drug-likeness (QED) is 0.339. The second-order valence-corrected chi connectivity index (χ2v) is 6.49. The molecule has 0 aliphatic rings. The van der Waals surface area contributed by atoms with Gasteiger partial charge in [-0.15, -0.1) is 0 Å². The minimum atomic E-state index is -0.428. The summed E-state index contributed by atoms with van der Waals surface area (Å²) in [5, 5.41) is 5.39. The van der Waals surface area contributed by atoms with Gasteiger partial charge in [-0.3, -0.25) is 14.4 Å². The molecule has 0 spiro atoms. The number of hydrogen-bond donors (Lipinski definition) is 3. The molecular weight excluding hydrogens is 384 g/mol. The number of carbonyl (C=O) groups excluding carboxylic acids is 3. The lowest BCUT2D eigenvalue weighted by atomic mass is 10.2. The molecule has 0 atom stereocenters. The normalized spacial score (nSPS) is 10.2. The van der Waals surface area contributed by atoms with E-state index in [9.17, 15) is 19.2 Å². The Balaban J connectivity index is 1.92. The Hall–Kier alpha value is -3.14. The Morgan fingerprint density at radius 1 is 1.18 bits per heavy atom. The molecule has 9 nitrogen and oxygen atoms in total. The van der Waals surface area contributed by atoms with E-state index in [1.807, 2.05) is 0 Å². The summed E-state index contributed by atoms with van der Waals surface area (Å²) >= 11 is 1.04. The predicted molar refractivity (Wildman–Crippen MR) is 104 cm³/mol. The Kier molecular flexibility index (Phi) is 7.76. The third kappa shape index (κ3) is 6.54. The zero-order chi connectivity index (χ0) is 20.5. The molecule has 2 amide bonds. The van der Waals surface area contributed by atoms with Gasteiger partial charge in [0.15, 0.2) is 5.16 Å². The topological polar surface area (TPSA) is 130 Å². The first kappa shape index (κ1) is 21.2. The molecule has 0 bridgehead atoms. The van der Waals surface area contributed by atoms with Crippen LogP contribution in [-0.2, 0) is 20.7 Å². The number of amides is 2. The van der Waals surface area contributed by atoms with Crippen molar-refractivity contribution < 1.29 is 19.1 Å². The number of hydrogen-bond acceptors (Lipinski definition) is 7. The van der Waals surface area contributed by atoms with E-state index >= 15 is 0 Å². The SMILES string of the molecule is CCOC(=O)c1ccc(NC(=O)CSc2nc(CC(=O)NC)cc(=O)[nH]2)cc1. The first-order valence-corrected chi connectivity index (χ1v) is 9.40. The van der Waals surface area contributed by atoms with Crippen molar-refractivity contribution in [3.05, 3.63) is 51.9 Å². The van der Waals surface area contributed by atoms with Crippen LogP contribution in [0.15, 0.2) is 40.3 Å². The molecule has 1 aromatic heterocycles. The largest absolute Gasteiger partial charge is 0.462 e. The summed E-state index contributed by atoms with van der Waals surface area (Å²) in [6.45, 7) is 2.01. The minimum absolute atomic E-state index is 0.00595. The van der Waals surface area contributed by atoms with E-state index in [4.69, 9.17) is 4.74 Å². The van der Waals surface area contributed by atoms with Crippen molar-refractivity contribution in [1.82, 2.24) is 15.3 Å². The van der Waals surface area contributed by atoms with E-state index in [-0.39, 0.29) is 35.8 Å². The zero-order valence-corrected chi connectivity index (χ0v) is 16.2. The van der Waals surface area contributed by atoms with Crippen LogP contribution in [0.1, 0.15) is 23.0 Å². The van der Waals surface area contributed by atoms with Crippen LogP contribution in [-0.4, -0.2) is 47.2 Å². The third-order valence-electron chi connectivity index (χ3n) is 3.41. The van der Waals surface area contributed by atoms with Crippen molar-refractivity contribution in [3.8, 4) is 0 Å². The number of thioether (sulfide) groups is 1. The van der Waals surface area contributed by atoms with Gasteiger partial charge in [0.25, 0.3) is 5.56 Å². The van der Waals surface area contributed by atoms with Crippen molar-refractivity contribution in [2.45, 2.75) is 18.5 Å². The summed E-state index contributed by atoms with van der Waals surface area (Å²) in [6.07, 6.45) is -0.0208. The Bertz CT molecular complexity index is 911. The maximum absolute atomic E-state index is 12.1. The van der Waals surface area contributed by atoms with Crippen molar-refractivity contribution in [2.24, 2.45) is 0 Å². The van der Waals surface area contributed by atoms with E-state index in [1.165, 1.54) is 13.1 Å². The van der Waals surface area contributed by atoms with Crippen molar-refractivity contribution in [1.29, 1.82) is 0 Å². The van der Waals surface area contributed by atoms with Crippen LogP contribution in [0.5, 0.6) is 0 Å². The van der Waals surface area contributed by atoms with Gasteiger partial charge in [0.05, 0.1) is 30.0 Å². The summed E-state index contributed by atoms with van der Waals surface area (Å²) in [7, 11) is 1.49. The van der Waals surface area contributed by atoms with Gasteiger partial charge in [-0.1, -0.05) is 11.8 Å². The van der Waals surface area contributed by atoms with Crippen molar-refractivity contribution in [3.63, 3.8) is 0 Å². The highest BCUT2D eigenvalue weighted by molar-refractivity contribution is 7.99. The van der Waals surface area contributed by atoms with Crippen LogP contribution in [0.2, 0.25) is 0 Å². The zero-order valence-electron chi connectivity index (χ0n) is 15.4. The van der Waals surface area contributed by atoms with E-state index in [0.717, 1.165) is 11.8 Å². The van der Waals surface area contributed by atoms with Crippen LogP contribution >= 0.6 is 11.8 Å². The second kappa shape index (κ2) is 10.3. The molecule has 3 N–H and O–H groups in total. The number of aromatic amines is 1. The van der Waals surface area contributed by atoms with Crippen molar-refractivity contribution >= 4 is 35.2 Å². The van der Waals surface area contributed by atoms with E-state index in [0.29, 0.717) is 16.9 Å². The number of benzene rings is 1. The van der Waals surface area contributed by atoms with Crippen LogP contribution < -0.4 is 16.2 Å². The number of rotatable bonds is 8. The first-order chi connectivity index (χ1) is 13.4. The fourth-order valence-corrected chi connectivity index (χ4v) is 2.82. The predicted octanol–water partition coefficient (Wildman–Crippen LogP) is 0.966. The number of likely N-dealkylation sites (N-methyl/N-ethyl adjacent to an activating group) is 1. The fraction of sp³-hybridized carbons (Fsp3) is 0.278. The van der Waals surface area contributed by atoms with Crippen LogP contribution in [0.3, 0.4) is 0 Å². The second-order valence-electron chi connectivity index (χ2n) is 5.53. The number of carbonyl (C=O) groups is 3. The first-order valence-electron chi connectivity index (χ1n) is 8.42. The molecule has 148 valence electrons. The van der Waals surface area contributed by atoms with Gasteiger partial charge in [0.2, 0.25) is 11.8 Å². The maximum Gasteiger partial charge on any atom is 0.338 e. The molecule has 28 heavy (non-hydrogen) atoms. The molecule has 0 saturated heterocycles. The summed E-state index contributed by atoms with van der Waals surface area (Å²) in [4.78, 5) is 53.5. The average molecular weight is 404 g/mol. The summed E-state index contributed by atoms with van der Waals surface area (Å²) < 4.78 is 4.90. The minimum Gasteiger partial charge on any atom is -0.462 e. The smallest absolute Gasteiger partial charge is 0.338 e. The van der Waals surface area contributed by atoms with Gasteiger partial charge < -0.3 is 20.4 Å². The van der Waals surface area contributed by atoms with Gasteiger partial charge in [0.1, 0.15) is 0 Å². The van der Waals surface area contributed by atoms with Crippen LogP contribution in [0.4, 0.5) is 5.69 Å². The van der Waals surface area contributed by atoms with E-state index in [1.54, 1.807) is 31.2 Å². The lowest BCUT2D eigenvalue weighted by Gasteiger charge is -2.07. The summed E-state index contributed by atoms with van der Waals surface area (Å²) in [5.74, 6) is -1.000. The van der Waals surface area contributed by atoms with Crippen LogP contribution in [0, 0.1) is 0 Å². The highest BCUT2D eigenvalue weighted by atomic mass is 32.2. The standard InChI is InChI=1S/C18H20N4O5S/c1-3-27-17(26)11-4-6-12(7-5-11)20-16(25)10-28-18-21-13(8-14(23)19-2)9-15(24)22-18/h4-7,9H,3,8,10H2,1-2H3,(H,19,23)(H,20,25)(H,21,22,24). The maximum atomic E-state index is 12.1. The molecule has 0 fully saturated rings. The summed E-state index contributed by atoms with van der Waals surface area (Å²) in [5.41, 5.74) is 0.837. The number of aromatic nitrogens is 2. The van der Waals surface area contributed by atoms with Crippen LogP contribution in [0.25, 0.3) is 0 Å². The Labute approximate surface area is 165 Å². The highest BCUT2D eigenvalue weighted by Crippen LogP contribution is 2.14. The summed E-state index contributed by atoms with van der Waals surface area (Å²) in [6, 6.07) is 7.55. The molecule has 2 aromatic rings. The number of nitrogens with one attached hydrogen (secondary N) is 3. The number of ether oxygens (including phenoxy) is 1. The number of nitrogens with zero attached hydrogens (tertiary/aromatic N) is 1.